The van der Waals surface area contributed by atoms with Gasteiger partial charge in [0.1, 0.15) is 11.4 Å². The van der Waals surface area contributed by atoms with Crippen LogP contribution in [0.2, 0.25) is 0 Å². The molecule has 1 amide bonds. The molecule has 1 N–H and O–H groups in total. The fourth-order valence-corrected chi connectivity index (χ4v) is 4.40. The Labute approximate surface area is 195 Å². The first-order chi connectivity index (χ1) is 14.7. The van der Waals surface area contributed by atoms with Crippen LogP contribution in [0.4, 0.5) is 4.39 Å². The second-order valence-corrected chi connectivity index (χ2v) is 9.54. The number of aryl methyl sites for hydroxylation is 1. The number of likely N-dealkylation sites (tertiary alicyclic amines) is 1. The summed E-state index contributed by atoms with van der Waals surface area (Å²) in [6, 6.07) is 13.2. The first kappa shape index (κ1) is 24.3. The lowest BCUT2D eigenvalue weighted by molar-refractivity contribution is 0.0911. The minimum Gasteiger partial charge on any atom is -0.451 e. The molecular formula is C26H32ClFN2O2. The van der Waals surface area contributed by atoms with Gasteiger partial charge in [0, 0.05) is 17.5 Å². The van der Waals surface area contributed by atoms with Gasteiger partial charge < -0.3 is 9.73 Å². The maximum absolute atomic E-state index is 13.6. The van der Waals surface area contributed by atoms with Crippen LogP contribution in [0.1, 0.15) is 66.9 Å². The smallest absolute Gasteiger partial charge is 0.287 e. The molecule has 0 spiro atoms. The Hall–Kier alpha value is -2.37. The Morgan fingerprint density at radius 3 is 2.41 bits per heavy atom. The van der Waals surface area contributed by atoms with E-state index in [2.05, 4.69) is 55.3 Å². The number of halogens is 2. The number of benzene rings is 2. The van der Waals surface area contributed by atoms with Crippen molar-refractivity contribution in [3.8, 4) is 0 Å². The van der Waals surface area contributed by atoms with E-state index >= 15 is 0 Å². The Bertz CT molecular complexity index is 1080. The molecule has 6 heteroatoms. The van der Waals surface area contributed by atoms with Gasteiger partial charge in [-0.3, -0.25) is 9.69 Å². The van der Waals surface area contributed by atoms with E-state index in [1.165, 1.54) is 36.1 Å². The number of hydrogen-bond donors (Lipinski definition) is 1. The van der Waals surface area contributed by atoms with Crippen LogP contribution in [0.25, 0.3) is 11.0 Å². The molecule has 1 aliphatic heterocycles. The number of rotatable bonds is 5. The summed E-state index contributed by atoms with van der Waals surface area (Å²) < 4.78 is 19.3. The Kier molecular flexibility index (Phi) is 7.31. The normalized spacial score (nSPS) is 15.5. The molecule has 0 aliphatic carbocycles. The summed E-state index contributed by atoms with van der Waals surface area (Å²) in [5.41, 5.74) is 3.80. The highest BCUT2D eigenvalue weighted by Gasteiger charge is 2.26. The van der Waals surface area contributed by atoms with Gasteiger partial charge in [0.2, 0.25) is 0 Å². The van der Waals surface area contributed by atoms with Crippen molar-refractivity contribution in [2.75, 3.05) is 19.6 Å². The summed E-state index contributed by atoms with van der Waals surface area (Å²) >= 11 is 0. The van der Waals surface area contributed by atoms with Gasteiger partial charge in [0.25, 0.3) is 5.91 Å². The molecule has 172 valence electrons. The molecule has 4 nitrogen and oxygen atoms in total. The molecule has 32 heavy (non-hydrogen) atoms. The van der Waals surface area contributed by atoms with Crippen LogP contribution in [0.15, 0.2) is 46.9 Å². The monoisotopic (exact) mass is 458 g/mol. The molecule has 1 unspecified atom stereocenters. The van der Waals surface area contributed by atoms with Crippen molar-refractivity contribution in [1.82, 2.24) is 10.2 Å². The van der Waals surface area contributed by atoms with Crippen LogP contribution >= 0.6 is 12.4 Å². The third kappa shape index (κ3) is 5.00. The van der Waals surface area contributed by atoms with E-state index in [0.717, 1.165) is 13.1 Å². The number of carbonyl (C=O) groups excluding carboxylic acids is 1. The Morgan fingerprint density at radius 1 is 1.12 bits per heavy atom. The zero-order valence-electron chi connectivity index (χ0n) is 19.2. The molecule has 1 atom stereocenters. The zero-order valence-corrected chi connectivity index (χ0v) is 20.0. The molecule has 0 bridgehead atoms. The summed E-state index contributed by atoms with van der Waals surface area (Å²) in [5, 5.41) is 3.71. The van der Waals surface area contributed by atoms with E-state index in [0.29, 0.717) is 23.1 Å². The highest BCUT2D eigenvalue weighted by Crippen LogP contribution is 2.29. The van der Waals surface area contributed by atoms with Gasteiger partial charge in [-0.05, 0) is 67.6 Å². The Morgan fingerprint density at radius 2 is 1.78 bits per heavy atom. The summed E-state index contributed by atoms with van der Waals surface area (Å²) in [5.74, 6) is -0.343. The molecule has 1 saturated heterocycles. The lowest BCUT2D eigenvalue weighted by atomic mass is 9.86. The van der Waals surface area contributed by atoms with E-state index in [9.17, 15) is 9.18 Å². The van der Waals surface area contributed by atoms with Gasteiger partial charge in [-0.1, -0.05) is 45.0 Å². The van der Waals surface area contributed by atoms with Gasteiger partial charge in [0.15, 0.2) is 5.76 Å². The molecule has 1 aromatic heterocycles. The van der Waals surface area contributed by atoms with Crippen LogP contribution in [0.5, 0.6) is 0 Å². The van der Waals surface area contributed by atoms with Crippen molar-refractivity contribution >= 4 is 29.3 Å². The Balaban J connectivity index is 0.00000289. The van der Waals surface area contributed by atoms with Gasteiger partial charge >= 0.3 is 0 Å². The number of carbonyl (C=O) groups is 1. The van der Waals surface area contributed by atoms with Crippen molar-refractivity contribution in [2.24, 2.45) is 0 Å². The van der Waals surface area contributed by atoms with Crippen LogP contribution in [0.3, 0.4) is 0 Å². The maximum atomic E-state index is 13.6. The fourth-order valence-electron chi connectivity index (χ4n) is 4.40. The molecule has 2 heterocycles. The number of fused-ring (bicyclic) bond motifs is 1. The zero-order chi connectivity index (χ0) is 22.2. The maximum Gasteiger partial charge on any atom is 0.287 e. The van der Waals surface area contributed by atoms with Crippen LogP contribution in [-0.4, -0.2) is 30.4 Å². The molecule has 0 saturated carbocycles. The number of nitrogens with one attached hydrogen (secondary N) is 1. The van der Waals surface area contributed by atoms with E-state index in [-0.39, 0.29) is 41.3 Å². The van der Waals surface area contributed by atoms with Crippen molar-refractivity contribution in [1.29, 1.82) is 0 Å². The van der Waals surface area contributed by atoms with Crippen molar-refractivity contribution in [3.63, 3.8) is 0 Å². The van der Waals surface area contributed by atoms with E-state index in [1.54, 1.807) is 13.0 Å². The molecule has 1 fully saturated rings. The standard InChI is InChI=1S/C26H31FN2O2.ClH/c1-17-21-15-20(27)11-12-23(21)31-24(17)25(30)28-16-22(29-13-5-6-14-29)18-7-9-19(10-8-18)26(2,3)4;/h7-12,15,22H,5-6,13-14,16H2,1-4H3,(H,28,30);1H. The first-order valence-electron chi connectivity index (χ1n) is 11.1. The molecule has 1 aliphatic rings. The number of furan rings is 1. The fraction of sp³-hybridized carbons (Fsp3) is 0.423. The first-order valence-corrected chi connectivity index (χ1v) is 11.1. The lowest BCUT2D eigenvalue weighted by Gasteiger charge is -2.29. The van der Waals surface area contributed by atoms with Gasteiger partial charge in [0.05, 0.1) is 6.04 Å². The molecule has 2 aromatic carbocycles. The predicted octanol–water partition coefficient (Wildman–Crippen LogP) is 6.17. The molecule has 4 rings (SSSR count). The van der Waals surface area contributed by atoms with Crippen molar-refractivity contribution in [2.45, 2.75) is 52.0 Å². The third-order valence-electron chi connectivity index (χ3n) is 6.30. The SMILES string of the molecule is Cc1c(C(=O)NCC(c2ccc(C(C)(C)C)cc2)N2CCCC2)oc2ccc(F)cc12.Cl. The molecule has 3 aromatic rings. The van der Waals surface area contributed by atoms with Crippen LogP contribution < -0.4 is 5.32 Å². The summed E-state index contributed by atoms with van der Waals surface area (Å²) in [4.78, 5) is 15.4. The minimum atomic E-state index is -0.337. The summed E-state index contributed by atoms with van der Waals surface area (Å²) in [6.07, 6.45) is 2.36. The van der Waals surface area contributed by atoms with Crippen LogP contribution in [0, 0.1) is 12.7 Å². The molecular weight excluding hydrogens is 427 g/mol. The predicted molar refractivity (Wildman–Crippen MR) is 129 cm³/mol. The summed E-state index contributed by atoms with van der Waals surface area (Å²) in [6.45, 7) is 11.0. The number of nitrogens with zero attached hydrogens (tertiary/aromatic N) is 1. The highest BCUT2D eigenvalue weighted by atomic mass is 35.5. The van der Waals surface area contributed by atoms with Gasteiger partial charge in [-0.25, -0.2) is 4.39 Å². The lowest BCUT2D eigenvalue weighted by Crippen LogP contribution is -2.37. The third-order valence-corrected chi connectivity index (χ3v) is 6.30. The topological polar surface area (TPSA) is 45.5 Å². The van der Waals surface area contributed by atoms with E-state index in [4.69, 9.17) is 4.42 Å². The number of hydrogen-bond acceptors (Lipinski definition) is 3. The average Bonchev–Trinajstić information content (AvgIpc) is 3.37. The van der Waals surface area contributed by atoms with Gasteiger partial charge in [-0.2, -0.15) is 0 Å². The minimum absolute atomic E-state index is 0. The summed E-state index contributed by atoms with van der Waals surface area (Å²) in [7, 11) is 0. The van der Waals surface area contributed by atoms with Crippen LogP contribution in [-0.2, 0) is 5.41 Å². The van der Waals surface area contributed by atoms with Crippen molar-refractivity contribution in [3.05, 3.63) is 70.7 Å². The van der Waals surface area contributed by atoms with Gasteiger partial charge in [-0.15, -0.1) is 12.4 Å². The highest BCUT2D eigenvalue weighted by molar-refractivity contribution is 5.98. The number of amides is 1. The largest absolute Gasteiger partial charge is 0.451 e. The second kappa shape index (κ2) is 9.63. The average molecular weight is 459 g/mol. The molecule has 0 radical (unpaired) electrons. The quantitative estimate of drug-likeness (QED) is 0.497. The van der Waals surface area contributed by atoms with E-state index < -0.39 is 0 Å². The van der Waals surface area contributed by atoms with Crippen molar-refractivity contribution < 1.29 is 13.6 Å². The second-order valence-electron chi connectivity index (χ2n) is 9.54. The van der Waals surface area contributed by atoms with E-state index in [1.807, 2.05) is 0 Å².